The van der Waals surface area contributed by atoms with Gasteiger partial charge in [-0.1, -0.05) is 13.8 Å². The van der Waals surface area contributed by atoms with Crippen LogP contribution in [0.15, 0.2) is 9.98 Å². The van der Waals surface area contributed by atoms with Crippen molar-refractivity contribution in [2.45, 2.75) is 26.8 Å². The second-order valence-corrected chi connectivity index (χ2v) is 3.89. The summed E-state index contributed by atoms with van der Waals surface area (Å²) in [5.74, 6) is 1.17. The van der Waals surface area contributed by atoms with Crippen molar-refractivity contribution in [3.05, 3.63) is 0 Å². The summed E-state index contributed by atoms with van der Waals surface area (Å²) in [6.07, 6.45) is 0. The van der Waals surface area contributed by atoms with Gasteiger partial charge in [-0.25, -0.2) is 4.99 Å². The molecule has 0 bridgehead atoms. The van der Waals surface area contributed by atoms with Gasteiger partial charge in [-0.3, -0.25) is 4.99 Å². The minimum atomic E-state index is 0.111. The molecule has 0 saturated heterocycles. The molecule has 4 nitrogen and oxygen atoms in total. The standard InChI is InChI=1S/C11H20N2O2/c1-5-15-10-6-12-9(7-14-4)11(13-10)8(2)3/h8,11H,5-7H2,1-4H3/t11-/m0/s1. The number of rotatable bonds is 4. The van der Waals surface area contributed by atoms with Crippen LogP contribution in [0.25, 0.3) is 0 Å². The fourth-order valence-corrected chi connectivity index (χ4v) is 1.60. The summed E-state index contributed by atoms with van der Waals surface area (Å²) >= 11 is 0. The van der Waals surface area contributed by atoms with Crippen molar-refractivity contribution >= 4 is 11.6 Å². The van der Waals surface area contributed by atoms with Crippen LogP contribution >= 0.6 is 0 Å². The Hall–Kier alpha value is -0.900. The van der Waals surface area contributed by atoms with Crippen molar-refractivity contribution in [2.24, 2.45) is 15.9 Å². The third-order valence-corrected chi connectivity index (χ3v) is 2.28. The van der Waals surface area contributed by atoms with Crippen molar-refractivity contribution < 1.29 is 9.47 Å². The Bertz CT molecular complexity index is 259. The second-order valence-electron chi connectivity index (χ2n) is 3.89. The van der Waals surface area contributed by atoms with Crippen LogP contribution in [0, 0.1) is 5.92 Å². The van der Waals surface area contributed by atoms with E-state index in [2.05, 4.69) is 23.8 Å². The molecule has 0 aliphatic carbocycles. The van der Waals surface area contributed by atoms with E-state index in [4.69, 9.17) is 9.47 Å². The molecule has 1 aliphatic rings. The molecular weight excluding hydrogens is 192 g/mol. The normalized spacial score (nSPS) is 21.3. The summed E-state index contributed by atoms with van der Waals surface area (Å²) in [6, 6.07) is 0.111. The van der Waals surface area contributed by atoms with Gasteiger partial charge in [0.05, 0.1) is 25.0 Å². The largest absolute Gasteiger partial charge is 0.480 e. The fourth-order valence-electron chi connectivity index (χ4n) is 1.60. The van der Waals surface area contributed by atoms with Gasteiger partial charge in [-0.15, -0.1) is 0 Å². The summed E-state index contributed by atoms with van der Waals surface area (Å²) in [5.41, 5.74) is 1.02. The molecule has 0 unspecified atom stereocenters. The number of ether oxygens (including phenoxy) is 2. The van der Waals surface area contributed by atoms with E-state index in [1.54, 1.807) is 7.11 Å². The highest BCUT2D eigenvalue weighted by molar-refractivity contribution is 5.97. The van der Waals surface area contributed by atoms with Crippen LogP contribution in [0.5, 0.6) is 0 Å². The molecule has 0 aromatic rings. The third-order valence-electron chi connectivity index (χ3n) is 2.28. The molecule has 1 aliphatic heterocycles. The highest BCUT2D eigenvalue weighted by Crippen LogP contribution is 2.13. The van der Waals surface area contributed by atoms with Crippen LogP contribution in [-0.2, 0) is 9.47 Å². The maximum Gasteiger partial charge on any atom is 0.206 e. The molecule has 0 aromatic carbocycles. The van der Waals surface area contributed by atoms with Gasteiger partial charge in [0.1, 0.15) is 6.54 Å². The average Bonchev–Trinajstić information content (AvgIpc) is 2.21. The number of methoxy groups -OCH3 is 1. The summed E-state index contributed by atoms with van der Waals surface area (Å²) in [5, 5.41) is 0. The topological polar surface area (TPSA) is 43.2 Å². The van der Waals surface area contributed by atoms with Crippen LogP contribution in [0.4, 0.5) is 0 Å². The zero-order valence-corrected chi connectivity index (χ0v) is 9.99. The molecule has 86 valence electrons. The van der Waals surface area contributed by atoms with E-state index in [1.165, 1.54) is 0 Å². The Morgan fingerprint density at radius 1 is 1.47 bits per heavy atom. The van der Waals surface area contributed by atoms with Crippen LogP contribution in [-0.4, -0.2) is 44.5 Å². The van der Waals surface area contributed by atoms with Gasteiger partial charge < -0.3 is 9.47 Å². The predicted molar refractivity (Wildman–Crippen MR) is 61.9 cm³/mol. The Labute approximate surface area is 91.4 Å². The summed E-state index contributed by atoms with van der Waals surface area (Å²) in [4.78, 5) is 9.01. The van der Waals surface area contributed by atoms with E-state index in [0.29, 0.717) is 25.7 Å². The molecule has 1 rings (SSSR count). The van der Waals surface area contributed by atoms with Crippen LogP contribution in [0.3, 0.4) is 0 Å². The monoisotopic (exact) mass is 212 g/mol. The molecule has 0 amide bonds. The molecule has 0 spiro atoms. The smallest absolute Gasteiger partial charge is 0.206 e. The molecule has 1 heterocycles. The van der Waals surface area contributed by atoms with Gasteiger partial charge >= 0.3 is 0 Å². The van der Waals surface area contributed by atoms with E-state index in [-0.39, 0.29) is 6.04 Å². The molecule has 0 N–H and O–H groups in total. The SMILES string of the molecule is CCOC1=N[C@@H](C(C)C)C(COC)=NC1. The zero-order chi connectivity index (χ0) is 11.3. The van der Waals surface area contributed by atoms with E-state index < -0.39 is 0 Å². The highest BCUT2D eigenvalue weighted by atomic mass is 16.5. The van der Waals surface area contributed by atoms with E-state index >= 15 is 0 Å². The van der Waals surface area contributed by atoms with E-state index in [0.717, 1.165) is 11.6 Å². The Balaban J connectivity index is 2.71. The molecule has 0 saturated carbocycles. The second kappa shape index (κ2) is 5.85. The Morgan fingerprint density at radius 2 is 2.20 bits per heavy atom. The Kier molecular flexibility index (Phi) is 4.75. The molecule has 1 atom stereocenters. The van der Waals surface area contributed by atoms with Crippen molar-refractivity contribution in [2.75, 3.05) is 26.9 Å². The number of hydrogen-bond acceptors (Lipinski definition) is 4. The first-order valence-electron chi connectivity index (χ1n) is 5.40. The van der Waals surface area contributed by atoms with E-state index in [9.17, 15) is 0 Å². The average molecular weight is 212 g/mol. The first kappa shape index (κ1) is 12.2. The number of aliphatic imine (C=N–C) groups is 2. The van der Waals surface area contributed by atoms with Crippen LogP contribution < -0.4 is 0 Å². The fraction of sp³-hybridized carbons (Fsp3) is 0.818. The first-order valence-corrected chi connectivity index (χ1v) is 5.40. The van der Waals surface area contributed by atoms with Gasteiger partial charge in [-0.05, 0) is 12.8 Å². The summed E-state index contributed by atoms with van der Waals surface area (Å²) < 4.78 is 10.5. The maximum atomic E-state index is 5.39. The molecule has 0 aromatic heterocycles. The summed E-state index contributed by atoms with van der Waals surface area (Å²) in [7, 11) is 1.68. The van der Waals surface area contributed by atoms with Gasteiger partial charge in [0, 0.05) is 7.11 Å². The zero-order valence-electron chi connectivity index (χ0n) is 9.99. The van der Waals surface area contributed by atoms with Gasteiger partial charge in [0.2, 0.25) is 5.90 Å². The summed E-state index contributed by atoms with van der Waals surface area (Å²) in [6.45, 7) is 7.99. The molecular formula is C11H20N2O2. The molecule has 15 heavy (non-hydrogen) atoms. The van der Waals surface area contributed by atoms with Crippen LogP contribution in [0.1, 0.15) is 20.8 Å². The van der Waals surface area contributed by atoms with Crippen molar-refractivity contribution in [1.29, 1.82) is 0 Å². The van der Waals surface area contributed by atoms with E-state index in [1.807, 2.05) is 6.92 Å². The molecule has 0 fully saturated rings. The number of hydrogen-bond donors (Lipinski definition) is 0. The Morgan fingerprint density at radius 3 is 2.73 bits per heavy atom. The lowest BCUT2D eigenvalue weighted by atomic mass is 9.99. The van der Waals surface area contributed by atoms with Gasteiger partial charge in [0.15, 0.2) is 0 Å². The lowest BCUT2D eigenvalue weighted by molar-refractivity contribution is 0.240. The van der Waals surface area contributed by atoms with Crippen molar-refractivity contribution in [3.8, 4) is 0 Å². The maximum absolute atomic E-state index is 5.39. The lowest BCUT2D eigenvalue weighted by Crippen LogP contribution is -2.34. The van der Waals surface area contributed by atoms with Crippen molar-refractivity contribution in [3.63, 3.8) is 0 Å². The highest BCUT2D eigenvalue weighted by Gasteiger charge is 2.23. The minimum Gasteiger partial charge on any atom is -0.480 e. The predicted octanol–water partition coefficient (Wildman–Crippen LogP) is 1.55. The van der Waals surface area contributed by atoms with Gasteiger partial charge in [-0.2, -0.15) is 0 Å². The van der Waals surface area contributed by atoms with Crippen LogP contribution in [0.2, 0.25) is 0 Å². The minimum absolute atomic E-state index is 0.111. The first-order chi connectivity index (χ1) is 7.19. The molecule has 0 radical (unpaired) electrons. The third kappa shape index (κ3) is 3.30. The van der Waals surface area contributed by atoms with Gasteiger partial charge in [0.25, 0.3) is 0 Å². The number of nitrogens with zero attached hydrogens (tertiary/aromatic N) is 2. The lowest BCUT2D eigenvalue weighted by Gasteiger charge is -2.23. The van der Waals surface area contributed by atoms with Crippen molar-refractivity contribution in [1.82, 2.24) is 0 Å². The quantitative estimate of drug-likeness (QED) is 0.709. The molecule has 4 heteroatoms.